The van der Waals surface area contributed by atoms with Crippen molar-refractivity contribution in [1.29, 1.82) is 0 Å². The number of ether oxygens (including phenoxy) is 1. The molecule has 0 fully saturated rings. The normalized spacial score (nSPS) is 11.2. The van der Waals surface area contributed by atoms with Gasteiger partial charge in [0.15, 0.2) is 5.69 Å². The minimum absolute atomic E-state index is 0.303. The molecule has 1 aromatic heterocycles. The number of hydrogen-bond donors (Lipinski definition) is 1. The van der Waals surface area contributed by atoms with E-state index in [9.17, 15) is 4.79 Å². The highest BCUT2D eigenvalue weighted by Crippen LogP contribution is 2.12. The maximum atomic E-state index is 11.3. The standard InChI is InChI=1S/C13H24N4O2/c1-4-19-9-5-8-17-11(7-6-10(2)3)12(13(14)18)15-16-17/h10H,4-9H2,1-3H3,(H2,14,18). The molecule has 1 heterocycles. The van der Waals surface area contributed by atoms with E-state index >= 15 is 0 Å². The van der Waals surface area contributed by atoms with Gasteiger partial charge in [0, 0.05) is 19.8 Å². The zero-order valence-corrected chi connectivity index (χ0v) is 12.1. The van der Waals surface area contributed by atoms with E-state index in [1.54, 1.807) is 4.68 Å². The Balaban J connectivity index is 2.70. The van der Waals surface area contributed by atoms with Gasteiger partial charge >= 0.3 is 0 Å². The summed E-state index contributed by atoms with van der Waals surface area (Å²) in [6, 6.07) is 0. The number of carbonyl (C=O) groups excluding carboxylic acids is 1. The van der Waals surface area contributed by atoms with E-state index in [0.29, 0.717) is 31.4 Å². The molecular formula is C13H24N4O2. The lowest BCUT2D eigenvalue weighted by Gasteiger charge is -2.09. The van der Waals surface area contributed by atoms with Crippen molar-refractivity contribution < 1.29 is 9.53 Å². The van der Waals surface area contributed by atoms with E-state index in [-0.39, 0.29) is 0 Å². The van der Waals surface area contributed by atoms with Gasteiger partial charge in [-0.3, -0.25) is 4.79 Å². The van der Waals surface area contributed by atoms with Gasteiger partial charge in [-0.25, -0.2) is 4.68 Å². The van der Waals surface area contributed by atoms with Crippen LogP contribution in [0.15, 0.2) is 0 Å². The monoisotopic (exact) mass is 268 g/mol. The molecule has 0 aliphatic rings. The Kier molecular flexibility index (Phi) is 6.49. The molecule has 0 saturated carbocycles. The number of nitrogens with two attached hydrogens (primary N) is 1. The summed E-state index contributed by atoms with van der Waals surface area (Å²) < 4.78 is 7.07. The first-order valence-corrected chi connectivity index (χ1v) is 6.86. The number of aromatic nitrogens is 3. The van der Waals surface area contributed by atoms with Crippen LogP contribution in [-0.4, -0.2) is 34.1 Å². The summed E-state index contributed by atoms with van der Waals surface area (Å²) in [4.78, 5) is 11.3. The number of hydrogen-bond acceptors (Lipinski definition) is 4. The van der Waals surface area contributed by atoms with Crippen LogP contribution < -0.4 is 5.73 Å². The zero-order chi connectivity index (χ0) is 14.3. The molecule has 19 heavy (non-hydrogen) atoms. The molecule has 0 aliphatic carbocycles. The van der Waals surface area contributed by atoms with Gasteiger partial charge in [0.05, 0.1) is 5.69 Å². The third-order valence-electron chi connectivity index (χ3n) is 2.89. The van der Waals surface area contributed by atoms with Crippen molar-refractivity contribution in [3.63, 3.8) is 0 Å². The molecule has 0 atom stereocenters. The molecule has 108 valence electrons. The molecule has 0 spiro atoms. The molecule has 1 amide bonds. The minimum Gasteiger partial charge on any atom is -0.382 e. The van der Waals surface area contributed by atoms with Gasteiger partial charge in [-0.15, -0.1) is 5.10 Å². The van der Waals surface area contributed by atoms with E-state index in [4.69, 9.17) is 10.5 Å². The summed E-state index contributed by atoms with van der Waals surface area (Å²) >= 11 is 0. The molecule has 0 unspecified atom stereocenters. The fourth-order valence-corrected chi connectivity index (χ4v) is 1.84. The van der Waals surface area contributed by atoms with Crippen LogP contribution in [0.25, 0.3) is 0 Å². The van der Waals surface area contributed by atoms with E-state index in [0.717, 1.165) is 25.0 Å². The molecule has 6 nitrogen and oxygen atoms in total. The van der Waals surface area contributed by atoms with E-state index in [1.807, 2.05) is 6.92 Å². The lowest BCUT2D eigenvalue weighted by molar-refractivity contribution is 0.0994. The summed E-state index contributed by atoms with van der Waals surface area (Å²) in [6.07, 6.45) is 2.61. The second-order valence-electron chi connectivity index (χ2n) is 4.96. The number of primary amides is 1. The van der Waals surface area contributed by atoms with Gasteiger partial charge in [-0.2, -0.15) is 0 Å². The lowest BCUT2D eigenvalue weighted by Crippen LogP contribution is -2.16. The number of rotatable bonds is 9. The van der Waals surface area contributed by atoms with Crippen LogP contribution in [0.4, 0.5) is 0 Å². The van der Waals surface area contributed by atoms with Crippen LogP contribution in [-0.2, 0) is 17.7 Å². The molecule has 0 bridgehead atoms. The van der Waals surface area contributed by atoms with Crippen LogP contribution >= 0.6 is 0 Å². The summed E-state index contributed by atoms with van der Waals surface area (Å²) in [7, 11) is 0. The van der Waals surface area contributed by atoms with E-state index < -0.39 is 5.91 Å². The van der Waals surface area contributed by atoms with E-state index in [2.05, 4.69) is 24.2 Å². The Labute approximate surface area is 114 Å². The van der Waals surface area contributed by atoms with Gasteiger partial charge in [-0.05, 0) is 32.1 Å². The Morgan fingerprint density at radius 2 is 2.21 bits per heavy atom. The van der Waals surface area contributed by atoms with Crippen LogP contribution in [0.1, 0.15) is 49.8 Å². The SMILES string of the molecule is CCOCCCn1nnc(C(N)=O)c1CCC(C)C. The molecule has 0 aliphatic heterocycles. The predicted octanol–water partition coefficient (Wildman–Crippen LogP) is 1.39. The topological polar surface area (TPSA) is 83.0 Å². The van der Waals surface area contributed by atoms with Crippen molar-refractivity contribution >= 4 is 5.91 Å². The Hall–Kier alpha value is -1.43. The van der Waals surface area contributed by atoms with Gasteiger partial charge < -0.3 is 10.5 Å². The summed E-state index contributed by atoms with van der Waals surface area (Å²) in [5, 5.41) is 7.91. The highest BCUT2D eigenvalue weighted by Gasteiger charge is 2.17. The first-order chi connectivity index (χ1) is 9.06. The lowest BCUT2D eigenvalue weighted by atomic mass is 10.1. The predicted molar refractivity (Wildman–Crippen MR) is 72.8 cm³/mol. The van der Waals surface area contributed by atoms with Gasteiger partial charge in [0.1, 0.15) is 0 Å². The van der Waals surface area contributed by atoms with Crippen molar-refractivity contribution in [3.8, 4) is 0 Å². The smallest absolute Gasteiger partial charge is 0.271 e. The molecule has 1 aromatic rings. The fraction of sp³-hybridized carbons (Fsp3) is 0.769. The average Bonchev–Trinajstić information content (AvgIpc) is 2.75. The minimum atomic E-state index is -0.505. The second kappa shape index (κ2) is 7.89. The van der Waals surface area contributed by atoms with Crippen molar-refractivity contribution in [2.45, 2.75) is 46.6 Å². The van der Waals surface area contributed by atoms with Crippen LogP contribution in [0, 0.1) is 5.92 Å². The number of carbonyl (C=O) groups is 1. The number of nitrogens with zero attached hydrogens (tertiary/aromatic N) is 3. The molecule has 2 N–H and O–H groups in total. The third-order valence-corrected chi connectivity index (χ3v) is 2.89. The maximum Gasteiger partial charge on any atom is 0.271 e. The summed E-state index contributed by atoms with van der Waals surface area (Å²) in [5.41, 5.74) is 6.48. The van der Waals surface area contributed by atoms with E-state index in [1.165, 1.54) is 0 Å². The maximum absolute atomic E-state index is 11.3. The van der Waals surface area contributed by atoms with Crippen LogP contribution in [0.2, 0.25) is 0 Å². The molecule has 6 heteroatoms. The first-order valence-electron chi connectivity index (χ1n) is 6.86. The summed E-state index contributed by atoms with van der Waals surface area (Å²) in [6.45, 7) is 8.36. The molecular weight excluding hydrogens is 244 g/mol. The van der Waals surface area contributed by atoms with Crippen molar-refractivity contribution in [2.24, 2.45) is 11.7 Å². The highest BCUT2D eigenvalue weighted by atomic mass is 16.5. The van der Waals surface area contributed by atoms with Gasteiger partial charge in [-0.1, -0.05) is 19.1 Å². The number of amides is 1. The second-order valence-corrected chi connectivity index (χ2v) is 4.96. The van der Waals surface area contributed by atoms with Crippen LogP contribution in [0.3, 0.4) is 0 Å². The van der Waals surface area contributed by atoms with Gasteiger partial charge in [0.25, 0.3) is 5.91 Å². The Morgan fingerprint density at radius 1 is 1.47 bits per heavy atom. The number of aryl methyl sites for hydroxylation is 1. The van der Waals surface area contributed by atoms with Gasteiger partial charge in [0.2, 0.25) is 0 Å². The average molecular weight is 268 g/mol. The Morgan fingerprint density at radius 3 is 2.79 bits per heavy atom. The highest BCUT2D eigenvalue weighted by molar-refractivity contribution is 5.91. The summed E-state index contributed by atoms with van der Waals surface area (Å²) in [5.74, 6) is 0.0577. The molecule has 0 aromatic carbocycles. The van der Waals surface area contributed by atoms with Crippen molar-refractivity contribution in [2.75, 3.05) is 13.2 Å². The largest absolute Gasteiger partial charge is 0.382 e. The fourth-order valence-electron chi connectivity index (χ4n) is 1.84. The quantitative estimate of drug-likeness (QED) is 0.686. The van der Waals surface area contributed by atoms with Crippen LogP contribution in [0.5, 0.6) is 0 Å². The van der Waals surface area contributed by atoms with Crippen molar-refractivity contribution in [3.05, 3.63) is 11.4 Å². The zero-order valence-electron chi connectivity index (χ0n) is 12.1. The third kappa shape index (κ3) is 4.98. The van der Waals surface area contributed by atoms with Crippen molar-refractivity contribution in [1.82, 2.24) is 15.0 Å². The Bertz CT molecular complexity index is 401. The molecule has 0 radical (unpaired) electrons. The molecule has 0 saturated heterocycles. The first kappa shape index (κ1) is 15.6. The molecule has 1 rings (SSSR count).